The summed E-state index contributed by atoms with van der Waals surface area (Å²) in [7, 11) is 0. The number of rotatable bonds is 1. The van der Waals surface area contributed by atoms with Crippen molar-refractivity contribution < 1.29 is 27.1 Å². The van der Waals surface area contributed by atoms with Crippen molar-refractivity contribution in [3.63, 3.8) is 0 Å². The van der Waals surface area contributed by atoms with E-state index < -0.39 is 39.6 Å². The van der Waals surface area contributed by atoms with Crippen molar-refractivity contribution in [3.05, 3.63) is 27.7 Å². The highest BCUT2D eigenvalue weighted by molar-refractivity contribution is 9.10. The van der Waals surface area contributed by atoms with Gasteiger partial charge in [-0.3, -0.25) is 0 Å². The van der Waals surface area contributed by atoms with Crippen LogP contribution in [-0.2, 0) is 0 Å². The molecule has 0 spiro atoms. The van der Waals surface area contributed by atoms with Crippen LogP contribution >= 0.6 is 15.9 Å². The first-order valence-electron chi connectivity index (χ1n) is 3.85. The summed E-state index contributed by atoms with van der Waals surface area (Å²) in [5.74, 6) is -4.68. The van der Waals surface area contributed by atoms with Gasteiger partial charge in [-0.1, -0.05) is 15.9 Å². The van der Waals surface area contributed by atoms with Crippen molar-refractivity contribution >= 4 is 15.9 Å². The fourth-order valence-corrected chi connectivity index (χ4v) is 1.69. The minimum Gasteiger partial charge on any atom is -0.504 e. The number of aromatic hydroxyl groups is 1. The molecule has 0 saturated carbocycles. The zero-order valence-corrected chi connectivity index (χ0v) is 9.03. The van der Waals surface area contributed by atoms with Gasteiger partial charge in [-0.05, 0) is 6.07 Å². The van der Waals surface area contributed by atoms with Crippen molar-refractivity contribution in [1.82, 2.24) is 0 Å². The number of phenolic OH excluding ortho intramolecular Hbond substituents is 1. The average molecular weight is 306 g/mol. The lowest BCUT2D eigenvalue weighted by atomic mass is 10.1. The predicted molar refractivity (Wildman–Crippen MR) is 48.7 cm³/mol. The molecular weight excluding hydrogens is 301 g/mol. The first-order chi connectivity index (χ1) is 7.16. The van der Waals surface area contributed by atoms with Gasteiger partial charge in [0.25, 0.3) is 0 Å². The van der Waals surface area contributed by atoms with Crippen molar-refractivity contribution in [2.45, 2.75) is 12.2 Å². The summed E-state index contributed by atoms with van der Waals surface area (Å²) in [4.78, 5) is 0. The Hall–Kier alpha value is -0.890. The van der Waals surface area contributed by atoms with Gasteiger partial charge in [0.2, 0.25) is 5.82 Å². The lowest BCUT2D eigenvalue weighted by Crippen LogP contribution is -2.29. The number of hydrogen-bond acceptors (Lipinski definition) is 2. The zero-order chi connectivity index (χ0) is 12.7. The molecule has 0 aliphatic carbocycles. The topological polar surface area (TPSA) is 46.2 Å². The quantitative estimate of drug-likeness (QED) is 0.619. The van der Waals surface area contributed by atoms with Gasteiger partial charge in [-0.2, -0.15) is 17.6 Å². The zero-order valence-electron chi connectivity index (χ0n) is 7.45. The predicted octanol–water partition coefficient (Wildman–Crippen LogP) is 3.00. The van der Waals surface area contributed by atoms with Crippen LogP contribution in [0.4, 0.5) is 22.0 Å². The highest BCUT2D eigenvalue weighted by Crippen LogP contribution is 2.41. The van der Waals surface area contributed by atoms with E-state index in [1.807, 2.05) is 0 Å². The van der Waals surface area contributed by atoms with E-state index in [0.29, 0.717) is 6.07 Å². The Morgan fingerprint density at radius 1 is 1.31 bits per heavy atom. The molecule has 0 unspecified atom stereocenters. The molecule has 1 aromatic rings. The third-order valence-electron chi connectivity index (χ3n) is 1.85. The molecule has 0 aliphatic heterocycles. The normalized spacial score (nSPS) is 13.9. The van der Waals surface area contributed by atoms with Crippen LogP contribution in [0.15, 0.2) is 10.5 Å². The number of phenols is 1. The van der Waals surface area contributed by atoms with Crippen LogP contribution in [0.1, 0.15) is 11.6 Å². The van der Waals surface area contributed by atoms with Crippen LogP contribution in [0, 0.1) is 11.6 Å². The third-order valence-corrected chi connectivity index (χ3v) is 2.50. The maximum Gasteiger partial charge on any atom is 0.407 e. The van der Waals surface area contributed by atoms with E-state index in [9.17, 15) is 22.0 Å². The fourth-order valence-electron chi connectivity index (χ4n) is 1.06. The molecular formula is C8H5BrF5NO. The van der Waals surface area contributed by atoms with Crippen LogP contribution in [0.25, 0.3) is 0 Å². The molecule has 0 saturated heterocycles. The molecule has 2 nitrogen and oxygen atoms in total. The van der Waals surface area contributed by atoms with Gasteiger partial charge in [-0.25, -0.2) is 4.39 Å². The Kier molecular flexibility index (Phi) is 3.44. The minimum absolute atomic E-state index is 0.450. The van der Waals surface area contributed by atoms with Gasteiger partial charge in [0.15, 0.2) is 11.6 Å². The second-order valence-electron chi connectivity index (χ2n) is 2.94. The number of halogens is 6. The molecule has 0 bridgehead atoms. The van der Waals surface area contributed by atoms with Crippen molar-refractivity contribution in [2.24, 2.45) is 5.73 Å². The van der Waals surface area contributed by atoms with E-state index in [0.717, 1.165) is 0 Å². The van der Waals surface area contributed by atoms with Crippen molar-refractivity contribution in [2.75, 3.05) is 0 Å². The van der Waals surface area contributed by atoms with E-state index in [4.69, 9.17) is 10.8 Å². The highest BCUT2D eigenvalue weighted by atomic mass is 79.9. The molecule has 1 atom stereocenters. The monoisotopic (exact) mass is 305 g/mol. The van der Waals surface area contributed by atoms with Crippen LogP contribution in [-0.4, -0.2) is 11.3 Å². The lowest BCUT2D eigenvalue weighted by molar-refractivity contribution is -0.149. The molecule has 0 heterocycles. The Bertz CT molecular complexity index is 420. The van der Waals surface area contributed by atoms with Gasteiger partial charge >= 0.3 is 6.18 Å². The molecule has 0 amide bonds. The minimum atomic E-state index is -4.87. The molecule has 3 N–H and O–H groups in total. The fraction of sp³-hybridized carbons (Fsp3) is 0.250. The van der Waals surface area contributed by atoms with E-state index in [1.165, 1.54) is 0 Å². The van der Waals surface area contributed by atoms with Crippen LogP contribution in [0.5, 0.6) is 5.75 Å². The number of nitrogens with two attached hydrogens (primary N) is 1. The first-order valence-corrected chi connectivity index (χ1v) is 4.64. The van der Waals surface area contributed by atoms with E-state index in [-0.39, 0.29) is 0 Å². The van der Waals surface area contributed by atoms with Crippen LogP contribution in [0.2, 0.25) is 0 Å². The smallest absolute Gasteiger partial charge is 0.407 e. The van der Waals surface area contributed by atoms with E-state index in [1.54, 1.807) is 0 Å². The number of alkyl halides is 3. The van der Waals surface area contributed by atoms with Crippen molar-refractivity contribution in [1.29, 1.82) is 0 Å². The van der Waals surface area contributed by atoms with Crippen LogP contribution in [0.3, 0.4) is 0 Å². The molecule has 0 aliphatic rings. The van der Waals surface area contributed by atoms with E-state index >= 15 is 0 Å². The Labute approximate surface area is 95.0 Å². The van der Waals surface area contributed by atoms with Gasteiger partial charge in [0, 0.05) is 10.0 Å². The molecule has 16 heavy (non-hydrogen) atoms. The summed E-state index contributed by atoms with van der Waals surface area (Å²) < 4.78 is 61.9. The molecule has 1 aromatic carbocycles. The maximum absolute atomic E-state index is 12.9. The first kappa shape index (κ1) is 13.2. The van der Waals surface area contributed by atoms with E-state index in [2.05, 4.69) is 15.9 Å². The SMILES string of the molecule is N[C@H](c1c(Br)cc(F)c(F)c1O)C(F)(F)F. The van der Waals surface area contributed by atoms with Gasteiger partial charge in [-0.15, -0.1) is 0 Å². The Balaban J connectivity index is 3.40. The number of hydrogen-bond donors (Lipinski definition) is 2. The summed E-state index contributed by atoms with van der Waals surface area (Å²) >= 11 is 2.58. The molecule has 0 fully saturated rings. The standard InChI is InChI=1S/C8H5BrF5NO/c9-2-1-3(10)5(11)6(16)4(2)7(15)8(12,13)14/h1,7,16H,15H2/t7-/m1/s1. The highest BCUT2D eigenvalue weighted by Gasteiger charge is 2.41. The summed E-state index contributed by atoms with van der Waals surface area (Å²) in [5, 5.41) is 9.07. The second kappa shape index (κ2) is 4.17. The van der Waals surface area contributed by atoms with Crippen LogP contribution < -0.4 is 5.73 Å². The molecule has 8 heteroatoms. The Morgan fingerprint density at radius 3 is 2.25 bits per heavy atom. The summed E-state index contributed by atoms with van der Waals surface area (Å²) in [6.07, 6.45) is -4.87. The lowest BCUT2D eigenvalue weighted by Gasteiger charge is -2.18. The largest absolute Gasteiger partial charge is 0.504 e. The summed E-state index contributed by atoms with van der Waals surface area (Å²) in [6.45, 7) is 0. The second-order valence-corrected chi connectivity index (χ2v) is 3.79. The summed E-state index contributed by atoms with van der Waals surface area (Å²) in [6, 6.07) is -2.13. The van der Waals surface area contributed by atoms with Gasteiger partial charge in [0.05, 0.1) is 0 Å². The molecule has 90 valence electrons. The van der Waals surface area contributed by atoms with Crippen molar-refractivity contribution in [3.8, 4) is 5.75 Å². The number of benzene rings is 1. The molecule has 1 rings (SSSR count). The maximum atomic E-state index is 12.9. The average Bonchev–Trinajstić information content (AvgIpc) is 2.13. The summed E-state index contributed by atoms with van der Waals surface area (Å²) in [5.41, 5.74) is 3.85. The van der Waals surface area contributed by atoms with Gasteiger partial charge < -0.3 is 10.8 Å². The molecule has 0 aromatic heterocycles. The van der Waals surface area contributed by atoms with Gasteiger partial charge in [0.1, 0.15) is 6.04 Å². The Morgan fingerprint density at radius 2 is 1.81 bits per heavy atom. The molecule has 0 radical (unpaired) electrons. The third kappa shape index (κ3) is 2.27.